The molecule has 2 aliphatic heterocycles. The van der Waals surface area contributed by atoms with Gasteiger partial charge < -0.3 is 41.0 Å². The maximum atomic E-state index is 13.8. The number of nitrogen functional groups attached to an aromatic ring is 2. The Morgan fingerprint density at radius 1 is 0.806 bits per heavy atom. The zero-order valence-electron chi connectivity index (χ0n) is 37.9. The van der Waals surface area contributed by atoms with Crippen molar-refractivity contribution >= 4 is 68.1 Å². The number of fused-ring (bicyclic) bond motifs is 7. The van der Waals surface area contributed by atoms with E-state index in [2.05, 4.69) is 10.6 Å². The number of benzene rings is 4. The number of aryl methyl sites for hydroxylation is 1. The van der Waals surface area contributed by atoms with Crippen molar-refractivity contribution in [3.05, 3.63) is 135 Å². The molecule has 0 radical (unpaired) electrons. The van der Waals surface area contributed by atoms with Gasteiger partial charge in [-0.1, -0.05) is 31.0 Å². The molecule has 67 heavy (non-hydrogen) atoms. The lowest BCUT2D eigenvalue weighted by Gasteiger charge is -2.36. The minimum atomic E-state index is -1.29. The number of nitrogens with two attached hydrogens (primary N) is 2. The van der Waals surface area contributed by atoms with Crippen molar-refractivity contribution in [2.75, 3.05) is 36.0 Å². The first-order chi connectivity index (χ1) is 32.4. The summed E-state index contributed by atoms with van der Waals surface area (Å²) in [7, 11) is 0. The molecule has 4 heterocycles. The molecule has 1 saturated carbocycles. The van der Waals surface area contributed by atoms with Gasteiger partial charge in [0.15, 0.2) is 11.4 Å². The Bertz CT molecular complexity index is 2840. The summed E-state index contributed by atoms with van der Waals surface area (Å²) in [5.74, 6) is 0.264. The summed E-state index contributed by atoms with van der Waals surface area (Å²) >= 11 is 1.57. The molecule has 0 bridgehead atoms. The molecule has 9 rings (SSSR count). The summed E-state index contributed by atoms with van der Waals surface area (Å²) in [4.78, 5) is 69.1. The molecule has 1 fully saturated rings. The maximum Gasteiger partial charge on any atom is 0.340 e. The molecule has 6 N–H and O–H groups in total. The van der Waals surface area contributed by atoms with E-state index >= 15 is 0 Å². The van der Waals surface area contributed by atoms with Crippen LogP contribution < -0.4 is 31.7 Å². The second-order valence-electron chi connectivity index (χ2n) is 18.0. The number of nitrogens with zero attached hydrogens (tertiary/aromatic N) is 2. The van der Waals surface area contributed by atoms with Crippen molar-refractivity contribution in [2.24, 2.45) is 11.8 Å². The molecule has 346 valence electrons. The van der Waals surface area contributed by atoms with Gasteiger partial charge in [0.2, 0.25) is 11.8 Å². The van der Waals surface area contributed by atoms with Crippen molar-refractivity contribution in [1.82, 2.24) is 15.2 Å². The molecule has 13 nitrogen and oxygen atoms in total. The van der Waals surface area contributed by atoms with Crippen LogP contribution >= 0.6 is 11.3 Å². The van der Waals surface area contributed by atoms with Crippen LogP contribution in [0.4, 0.5) is 17.1 Å². The Morgan fingerprint density at radius 3 is 2.18 bits per heavy atom. The standard InChI is InChI=1S/C53H56N6O7S/c1-3-58(38-10-8-9-32(2)25-38)49(61)31-59-43-21-24-67-48(43)30-44(59)45(60)26-33-11-13-34(14-12-33)50(62)56-22-6-4-5-7-23-57-51(63)35-15-18-40-39(27-35)52(64)66-53(40)41-19-16-36(54)28-46(41)65-47-29-37(55)17-20-42(47)53/h8-10,15-21,24-25,27-30,33-34H,3-7,11-14,22-23,26,31,54-55H2,1-2H3,(H,56,62)(H,57,63). The molecule has 3 aliphatic rings. The number of anilines is 3. The highest BCUT2D eigenvalue weighted by atomic mass is 32.1. The molecule has 2 aromatic heterocycles. The van der Waals surface area contributed by atoms with E-state index in [1.54, 1.807) is 70.8 Å². The second-order valence-corrected chi connectivity index (χ2v) is 19.0. The van der Waals surface area contributed by atoms with E-state index < -0.39 is 11.6 Å². The SMILES string of the molecule is CCN(C(=O)Cn1c(C(=O)CC2CCC(C(=O)NCCCCCCNC(=O)c3ccc4c(c3)C(=O)OC43c4ccc(N)cc4Oc4cc(N)ccc43)CC2)cc2sccc21)c1cccc(C)c1. The van der Waals surface area contributed by atoms with Gasteiger partial charge in [-0.25, -0.2) is 4.79 Å². The molecule has 1 aliphatic carbocycles. The number of carbonyl (C=O) groups is 5. The molecule has 4 aromatic carbocycles. The van der Waals surface area contributed by atoms with Gasteiger partial charge in [-0.15, -0.1) is 11.3 Å². The van der Waals surface area contributed by atoms with Crippen molar-refractivity contribution in [3.8, 4) is 11.5 Å². The van der Waals surface area contributed by atoms with Gasteiger partial charge in [0, 0.05) is 83.4 Å². The largest absolute Gasteiger partial charge is 0.456 e. The fraction of sp³-hybridized carbons (Fsp3) is 0.340. The Kier molecular flexibility index (Phi) is 12.9. The van der Waals surface area contributed by atoms with E-state index in [4.69, 9.17) is 20.9 Å². The fourth-order valence-electron chi connectivity index (χ4n) is 10.1. The van der Waals surface area contributed by atoms with Crippen LogP contribution in [0.2, 0.25) is 0 Å². The van der Waals surface area contributed by atoms with Crippen molar-refractivity contribution in [2.45, 2.75) is 83.8 Å². The number of esters is 1. The third kappa shape index (κ3) is 9.02. The van der Waals surface area contributed by atoms with Crippen LogP contribution in [0.15, 0.2) is 96.4 Å². The number of hydrogen-bond acceptors (Lipinski definition) is 10. The van der Waals surface area contributed by atoms with Crippen LogP contribution in [0.1, 0.15) is 118 Å². The third-order valence-electron chi connectivity index (χ3n) is 13.5. The van der Waals surface area contributed by atoms with Gasteiger partial charge in [0.25, 0.3) is 5.91 Å². The van der Waals surface area contributed by atoms with Crippen molar-refractivity contribution < 1.29 is 33.4 Å². The van der Waals surface area contributed by atoms with E-state index in [-0.39, 0.29) is 41.9 Å². The number of ketones is 1. The summed E-state index contributed by atoms with van der Waals surface area (Å²) in [5.41, 5.74) is 17.8. The molecular weight excluding hydrogens is 865 g/mol. The van der Waals surface area contributed by atoms with Gasteiger partial charge in [-0.3, -0.25) is 19.2 Å². The molecule has 6 aromatic rings. The second kappa shape index (κ2) is 19.1. The van der Waals surface area contributed by atoms with Crippen LogP contribution in [0.3, 0.4) is 0 Å². The summed E-state index contributed by atoms with van der Waals surface area (Å²) in [6, 6.07) is 27.3. The molecule has 0 atom stereocenters. The zero-order chi connectivity index (χ0) is 46.8. The normalized spacial score (nSPS) is 16.7. The predicted molar refractivity (Wildman–Crippen MR) is 261 cm³/mol. The smallest absolute Gasteiger partial charge is 0.340 e. The number of aromatic nitrogens is 1. The average Bonchev–Trinajstić information content (AvgIpc) is 4.00. The number of hydrogen-bond donors (Lipinski definition) is 4. The Labute approximate surface area is 393 Å². The van der Waals surface area contributed by atoms with Gasteiger partial charge in [0.05, 0.1) is 21.5 Å². The molecule has 0 saturated heterocycles. The number of ether oxygens (including phenoxy) is 2. The molecule has 1 spiro atoms. The van der Waals surface area contributed by atoms with Gasteiger partial charge in [-0.2, -0.15) is 0 Å². The molecule has 0 unspecified atom stereocenters. The Hall–Kier alpha value is -6.93. The number of thiophene rings is 1. The third-order valence-corrected chi connectivity index (χ3v) is 14.4. The summed E-state index contributed by atoms with van der Waals surface area (Å²) in [6.45, 7) is 5.64. The minimum absolute atomic E-state index is 0.0398. The lowest BCUT2D eigenvalue weighted by molar-refractivity contribution is -0.126. The monoisotopic (exact) mass is 920 g/mol. The van der Waals surface area contributed by atoms with Crippen molar-refractivity contribution in [3.63, 3.8) is 0 Å². The molecule has 14 heteroatoms. The van der Waals surface area contributed by atoms with E-state index in [9.17, 15) is 24.0 Å². The number of rotatable bonds is 16. The number of unbranched alkanes of at least 4 members (excludes halogenated alkanes) is 3. The quantitative estimate of drug-likeness (QED) is 0.0318. The number of amides is 3. The lowest BCUT2D eigenvalue weighted by Crippen LogP contribution is -2.35. The first-order valence-corrected chi connectivity index (χ1v) is 24.2. The highest BCUT2D eigenvalue weighted by Gasteiger charge is 2.53. The van der Waals surface area contributed by atoms with Crippen LogP contribution in [0.5, 0.6) is 11.5 Å². The Balaban J connectivity index is 0.700. The summed E-state index contributed by atoms with van der Waals surface area (Å²) in [5, 5.41) is 8.09. The zero-order valence-corrected chi connectivity index (χ0v) is 38.7. The van der Waals surface area contributed by atoms with Gasteiger partial charge >= 0.3 is 5.97 Å². The summed E-state index contributed by atoms with van der Waals surface area (Å²) in [6.07, 6.45) is 6.87. The first-order valence-electron chi connectivity index (χ1n) is 23.3. The Morgan fingerprint density at radius 2 is 1.49 bits per heavy atom. The topological polar surface area (TPSA) is 188 Å². The minimum Gasteiger partial charge on any atom is -0.456 e. The van der Waals surface area contributed by atoms with Crippen LogP contribution in [-0.2, 0) is 26.5 Å². The van der Waals surface area contributed by atoms with Gasteiger partial charge in [0.1, 0.15) is 18.0 Å². The van der Waals surface area contributed by atoms with Gasteiger partial charge in [-0.05, 0) is 130 Å². The van der Waals surface area contributed by atoms with Crippen LogP contribution in [0.25, 0.3) is 10.2 Å². The fourth-order valence-corrected chi connectivity index (χ4v) is 10.9. The van der Waals surface area contributed by atoms with Crippen LogP contribution in [0, 0.1) is 18.8 Å². The highest BCUT2D eigenvalue weighted by molar-refractivity contribution is 7.17. The predicted octanol–water partition coefficient (Wildman–Crippen LogP) is 9.28. The van der Waals surface area contributed by atoms with E-state index in [1.165, 1.54) is 0 Å². The first kappa shape index (κ1) is 45.2. The number of carbonyl (C=O) groups excluding carboxylic acids is 5. The number of Topliss-reactive ketones (excluding diaryl/α,β-unsaturated/α-hetero) is 1. The lowest BCUT2D eigenvalue weighted by atomic mass is 9.77. The molecular formula is C53H56N6O7S. The van der Waals surface area contributed by atoms with Crippen LogP contribution in [-0.4, -0.2) is 53.7 Å². The maximum absolute atomic E-state index is 13.8. The summed E-state index contributed by atoms with van der Waals surface area (Å²) < 4.78 is 15.3. The highest BCUT2D eigenvalue weighted by Crippen LogP contribution is 2.56. The van der Waals surface area contributed by atoms with E-state index in [0.717, 1.165) is 72.8 Å². The number of nitrogens with one attached hydrogen (secondary N) is 2. The van der Waals surface area contributed by atoms with E-state index in [0.29, 0.717) is 82.4 Å². The van der Waals surface area contributed by atoms with Crippen molar-refractivity contribution in [1.29, 1.82) is 0 Å². The average molecular weight is 921 g/mol. The van der Waals surface area contributed by atoms with E-state index in [1.807, 2.05) is 60.2 Å². The molecule has 3 amide bonds. The number of likely N-dealkylation sites (N-methyl/N-ethyl adjacent to an activating group) is 1.